The van der Waals surface area contributed by atoms with Crippen molar-refractivity contribution in [2.75, 3.05) is 7.11 Å². The van der Waals surface area contributed by atoms with Crippen molar-refractivity contribution in [3.05, 3.63) is 71.6 Å². The minimum atomic E-state index is -0.0493. The van der Waals surface area contributed by atoms with E-state index in [1.165, 1.54) is 0 Å². The van der Waals surface area contributed by atoms with Crippen molar-refractivity contribution in [3.8, 4) is 16.5 Å². The molecule has 2 aromatic heterocycles. The molecule has 136 valence electrons. The van der Waals surface area contributed by atoms with E-state index in [1.54, 1.807) is 18.4 Å². The second kappa shape index (κ2) is 7.63. The Kier molecular flexibility index (Phi) is 4.89. The molecule has 2 aromatic carbocycles. The largest absolute Gasteiger partial charge is 0.497 e. The summed E-state index contributed by atoms with van der Waals surface area (Å²) >= 11 is 1.62. The van der Waals surface area contributed by atoms with E-state index in [-0.39, 0.29) is 12.5 Å². The molecule has 5 nitrogen and oxygen atoms in total. The maximum atomic E-state index is 12.6. The Morgan fingerprint density at radius 1 is 1.11 bits per heavy atom. The third-order valence-corrected chi connectivity index (χ3v) is 5.21. The molecule has 0 unspecified atom stereocenters. The Balaban J connectivity index is 1.53. The molecular weight excluding hydrogens is 358 g/mol. The Bertz CT molecular complexity index is 1050. The number of carbonyl (C=O) groups is 1. The van der Waals surface area contributed by atoms with Crippen molar-refractivity contribution in [2.45, 2.75) is 13.1 Å². The summed E-state index contributed by atoms with van der Waals surface area (Å²) in [7, 11) is 1.64. The topological polar surface area (TPSA) is 56.1 Å². The van der Waals surface area contributed by atoms with Gasteiger partial charge in [-0.05, 0) is 41.3 Å². The molecule has 1 N–H and O–H groups in total. The quantitative estimate of drug-likeness (QED) is 0.551. The molecule has 0 aliphatic heterocycles. The van der Waals surface area contributed by atoms with Gasteiger partial charge in [0.1, 0.15) is 12.3 Å². The summed E-state index contributed by atoms with van der Waals surface area (Å²) in [5.74, 6) is 1.58. The maximum Gasteiger partial charge on any atom is 0.240 e. The van der Waals surface area contributed by atoms with Crippen molar-refractivity contribution < 1.29 is 9.53 Å². The summed E-state index contributed by atoms with van der Waals surface area (Å²) in [5.41, 5.74) is 2.88. The van der Waals surface area contributed by atoms with Gasteiger partial charge in [-0.15, -0.1) is 11.3 Å². The summed E-state index contributed by atoms with van der Waals surface area (Å²) in [6, 6.07) is 19.6. The molecule has 0 saturated heterocycles. The molecular formula is C21H19N3O2S. The molecule has 0 spiro atoms. The van der Waals surface area contributed by atoms with Gasteiger partial charge in [-0.25, -0.2) is 4.98 Å². The van der Waals surface area contributed by atoms with E-state index in [2.05, 4.69) is 5.32 Å². The molecule has 0 atom stereocenters. The number of imidazole rings is 1. The SMILES string of the molecule is COc1ccc(CNC(=O)Cn2c(-c3cccs3)nc3ccccc32)cc1. The number of amides is 1. The molecule has 0 saturated carbocycles. The van der Waals surface area contributed by atoms with Crippen LogP contribution in [-0.2, 0) is 17.9 Å². The fourth-order valence-corrected chi connectivity index (χ4v) is 3.70. The number of hydrogen-bond acceptors (Lipinski definition) is 4. The third-order valence-electron chi connectivity index (χ3n) is 4.35. The van der Waals surface area contributed by atoms with Crippen molar-refractivity contribution in [1.29, 1.82) is 0 Å². The lowest BCUT2D eigenvalue weighted by molar-refractivity contribution is -0.121. The second-order valence-electron chi connectivity index (χ2n) is 6.11. The van der Waals surface area contributed by atoms with E-state index in [0.717, 1.165) is 33.0 Å². The summed E-state index contributed by atoms with van der Waals surface area (Å²) in [5, 5.41) is 5.00. The summed E-state index contributed by atoms with van der Waals surface area (Å²) < 4.78 is 7.13. The molecule has 27 heavy (non-hydrogen) atoms. The summed E-state index contributed by atoms with van der Waals surface area (Å²) in [6.45, 7) is 0.702. The Morgan fingerprint density at radius 2 is 1.93 bits per heavy atom. The number of nitrogens with zero attached hydrogens (tertiary/aromatic N) is 2. The predicted octanol–water partition coefficient (Wildman–Crippen LogP) is 4.09. The third kappa shape index (κ3) is 3.71. The number of methoxy groups -OCH3 is 1. The van der Waals surface area contributed by atoms with Gasteiger partial charge in [0.05, 0.1) is 23.0 Å². The number of nitrogens with one attached hydrogen (secondary N) is 1. The number of hydrogen-bond donors (Lipinski definition) is 1. The number of benzene rings is 2. The van der Waals surface area contributed by atoms with Gasteiger partial charge in [-0.3, -0.25) is 4.79 Å². The maximum absolute atomic E-state index is 12.6. The number of carbonyl (C=O) groups excluding carboxylic acids is 1. The highest BCUT2D eigenvalue weighted by Crippen LogP contribution is 2.28. The molecule has 4 aromatic rings. The predicted molar refractivity (Wildman–Crippen MR) is 108 cm³/mol. The lowest BCUT2D eigenvalue weighted by Crippen LogP contribution is -2.27. The van der Waals surface area contributed by atoms with Gasteiger partial charge in [-0.1, -0.05) is 30.3 Å². The van der Waals surface area contributed by atoms with Gasteiger partial charge in [0.25, 0.3) is 0 Å². The number of ether oxygens (including phenoxy) is 1. The Hall–Kier alpha value is -3.12. The molecule has 0 bridgehead atoms. The molecule has 0 radical (unpaired) electrons. The number of aromatic nitrogens is 2. The first kappa shape index (κ1) is 17.3. The molecule has 1 amide bonds. The lowest BCUT2D eigenvalue weighted by Gasteiger charge is -2.10. The summed E-state index contributed by atoms with van der Waals surface area (Å²) in [6.07, 6.45) is 0. The summed E-state index contributed by atoms with van der Waals surface area (Å²) in [4.78, 5) is 18.4. The van der Waals surface area contributed by atoms with Crippen molar-refractivity contribution in [2.24, 2.45) is 0 Å². The van der Waals surface area contributed by atoms with E-state index in [0.29, 0.717) is 6.54 Å². The molecule has 0 aliphatic rings. The molecule has 6 heteroatoms. The van der Waals surface area contributed by atoms with Crippen molar-refractivity contribution in [1.82, 2.24) is 14.9 Å². The number of fused-ring (bicyclic) bond motifs is 1. The van der Waals surface area contributed by atoms with Crippen LogP contribution in [0.25, 0.3) is 21.7 Å². The number of para-hydroxylation sites is 2. The number of thiophene rings is 1. The average Bonchev–Trinajstić information content (AvgIpc) is 3.35. The fourth-order valence-electron chi connectivity index (χ4n) is 2.97. The first-order chi connectivity index (χ1) is 13.2. The van der Waals surface area contributed by atoms with Crippen LogP contribution in [0.5, 0.6) is 5.75 Å². The van der Waals surface area contributed by atoms with E-state index in [1.807, 2.05) is 70.6 Å². The first-order valence-corrected chi connectivity index (χ1v) is 9.51. The Morgan fingerprint density at radius 3 is 2.67 bits per heavy atom. The van der Waals surface area contributed by atoms with E-state index < -0.39 is 0 Å². The van der Waals surface area contributed by atoms with Crippen molar-refractivity contribution >= 4 is 28.3 Å². The van der Waals surface area contributed by atoms with Gasteiger partial charge in [0.15, 0.2) is 5.82 Å². The van der Waals surface area contributed by atoms with Crippen LogP contribution in [0.2, 0.25) is 0 Å². The average molecular weight is 377 g/mol. The van der Waals surface area contributed by atoms with E-state index >= 15 is 0 Å². The molecule has 4 rings (SSSR count). The zero-order chi connectivity index (χ0) is 18.6. The molecule has 0 fully saturated rings. The van der Waals surface area contributed by atoms with Crippen LogP contribution >= 0.6 is 11.3 Å². The molecule has 0 aliphatic carbocycles. The second-order valence-corrected chi connectivity index (χ2v) is 7.06. The van der Waals surface area contributed by atoms with E-state index in [4.69, 9.17) is 9.72 Å². The van der Waals surface area contributed by atoms with Gasteiger partial charge in [0.2, 0.25) is 5.91 Å². The zero-order valence-electron chi connectivity index (χ0n) is 14.9. The normalized spacial score (nSPS) is 10.9. The lowest BCUT2D eigenvalue weighted by atomic mass is 10.2. The van der Waals surface area contributed by atoms with Gasteiger partial charge >= 0.3 is 0 Å². The van der Waals surface area contributed by atoms with Crippen LogP contribution in [0.15, 0.2) is 66.0 Å². The van der Waals surface area contributed by atoms with Gasteiger partial charge in [-0.2, -0.15) is 0 Å². The van der Waals surface area contributed by atoms with Crippen LogP contribution < -0.4 is 10.1 Å². The fraction of sp³-hybridized carbons (Fsp3) is 0.143. The smallest absolute Gasteiger partial charge is 0.240 e. The highest BCUT2D eigenvalue weighted by molar-refractivity contribution is 7.13. The standard InChI is InChI=1S/C21H19N3O2S/c1-26-16-10-8-15(9-11-16)13-22-20(25)14-24-18-6-3-2-5-17(18)23-21(24)19-7-4-12-27-19/h2-12H,13-14H2,1H3,(H,22,25). The monoisotopic (exact) mass is 377 g/mol. The molecule has 2 heterocycles. The first-order valence-electron chi connectivity index (χ1n) is 8.63. The van der Waals surface area contributed by atoms with Crippen LogP contribution in [0.4, 0.5) is 0 Å². The minimum Gasteiger partial charge on any atom is -0.497 e. The van der Waals surface area contributed by atoms with Crippen molar-refractivity contribution in [3.63, 3.8) is 0 Å². The van der Waals surface area contributed by atoms with Crippen LogP contribution in [0, 0.1) is 0 Å². The van der Waals surface area contributed by atoms with Crippen LogP contribution in [0.1, 0.15) is 5.56 Å². The van der Waals surface area contributed by atoms with E-state index in [9.17, 15) is 4.79 Å². The zero-order valence-corrected chi connectivity index (χ0v) is 15.7. The highest BCUT2D eigenvalue weighted by atomic mass is 32.1. The highest BCUT2D eigenvalue weighted by Gasteiger charge is 2.15. The Labute approximate surface area is 161 Å². The van der Waals surface area contributed by atoms with Crippen LogP contribution in [0.3, 0.4) is 0 Å². The van der Waals surface area contributed by atoms with Crippen LogP contribution in [-0.4, -0.2) is 22.6 Å². The van der Waals surface area contributed by atoms with Gasteiger partial charge < -0.3 is 14.6 Å². The number of rotatable bonds is 6. The van der Waals surface area contributed by atoms with Gasteiger partial charge in [0, 0.05) is 6.54 Å². The minimum absolute atomic E-state index is 0.0493.